The van der Waals surface area contributed by atoms with E-state index in [1.807, 2.05) is 0 Å². The average molecular weight is 280 g/mol. The third-order valence-electron chi connectivity index (χ3n) is 3.56. The number of morpholine rings is 1. The minimum absolute atomic E-state index is 0.115. The van der Waals surface area contributed by atoms with Crippen LogP contribution in [0.4, 0.5) is 0 Å². The number of aromatic nitrogens is 3. The fraction of sp³-hybridized carbons (Fsp3) is 0.667. The number of aliphatic carboxylic acids is 1. The maximum absolute atomic E-state index is 12.4. The molecule has 1 aliphatic carbocycles. The molecular formula is C12H16N4O4. The lowest BCUT2D eigenvalue weighted by Crippen LogP contribution is -2.49. The van der Waals surface area contributed by atoms with Gasteiger partial charge in [0.2, 0.25) is 5.82 Å². The van der Waals surface area contributed by atoms with E-state index in [4.69, 9.17) is 9.84 Å². The summed E-state index contributed by atoms with van der Waals surface area (Å²) < 4.78 is 5.25. The Bertz CT molecular complexity index is 525. The number of carboxylic acid groups (broad SMARTS) is 1. The first-order valence-corrected chi connectivity index (χ1v) is 6.68. The standard InChI is InChI=1S/C12H16N4O4/c17-9(18)5-8-6-20-4-3-16(8)12(19)11-13-10(14-15-11)7-1-2-7/h7-8H,1-6H2,(H,17,18)(H,13,14,15). The fourth-order valence-corrected chi connectivity index (χ4v) is 2.33. The zero-order valence-electron chi connectivity index (χ0n) is 10.9. The number of H-pyrrole nitrogens is 1. The number of nitrogens with zero attached hydrogens (tertiary/aromatic N) is 3. The Balaban J connectivity index is 1.73. The zero-order valence-corrected chi connectivity index (χ0v) is 10.9. The predicted molar refractivity (Wildman–Crippen MR) is 66.3 cm³/mol. The van der Waals surface area contributed by atoms with Gasteiger partial charge in [0.1, 0.15) is 5.82 Å². The number of amides is 1. The molecule has 0 radical (unpaired) electrons. The van der Waals surface area contributed by atoms with Crippen LogP contribution in [-0.2, 0) is 9.53 Å². The van der Waals surface area contributed by atoms with Crippen molar-refractivity contribution < 1.29 is 19.4 Å². The second-order valence-corrected chi connectivity index (χ2v) is 5.14. The van der Waals surface area contributed by atoms with Crippen LogP contribution in [0.2, 0.25) is 0 Å². The van der Waals surface area contributed by atoms with E-state index < -0.39 is 12.0 Å². The summed E-state index contributed by atoms with van der Waals surface area (Å²) in [6.07, 6.45) is 2.01. The number of carboxylic acids is 1. The van der Waals surface area contributed by atoms with Crippen molar-refractivity contribution >= 4 is 11.9 Å². The molecule has 2 heterocycles. The van der Waals surface area contributed by atoms with Crippen LogP contribution in [0.5, 0.6) is 0 Å². The maximum atomic E-state index is 12.4. The largest absolute Gasteiger partial charge is 0.481 e. The van der Waals surface area contributed by atoms with E-state index in [0.717, 1.165) is 18.7 Å². The van der Waals surface area contributed by atoms with Crippen LogP contribution in [0.15, 0.2) is 0 Å². The monoisotopic (exact) mass is 280 g/mol. The van der Waals surface area contributed by atoms with Gasteiger partial charge in [-0.25, -0.2) is 4.98 Å². The maximum Gasteiger partial charge on any atom is 0.305 e. The molecule has 2 fully saturated rings. The van der Waals surface area contributed by atoms with E-state index in [-0.39, 0.29) is 24.8 Å². The van der Waals surface area contributed by atoms with Gasteiger partial charge in [0.25, 0.3) is 5.91 Å². The molecule has 0 aromatic carbocycles. The molecule has 1 aromatic rings. The molecular weight excluding hydrogens is 264 g/mol. The molecule has 20 heavy (non-hydrogen) atoms. The van der Waals surface area contributed by atoms with E-state index in [0.29, 0.717) is 19.1 Å². The Morgan fingerprint density at radius 2 is 2.25 bits per heavy atom. The van der Waals surface area contributed by atoms with Crippen molar-refractivity contribution in [2.75, 3.05) is 19.8 Å². The summed E-state index contributed by atoms with van der Waals surface area (Å²) in [4.78, 5) is 28.9. The Hall–Kier alpha value is -1.96. The highest BCUT2D eigenvalue weighted by Gasteiger charge is 2.33. The van der Waals surface area contributed by atoms with Crippen molar-refractivity contribution in [1.29, 1.82) is 0 Å². The lowest BCUT2D eigenvalue weighted by atomic mass is 10.1. The number of rotatable bonds is 4. The van der Waals surface area contributed by atoms with Crippen LogP contribution >= 0.6 is 0 Å². The molecule has 108 valence electrons. The van der Waals surface area contributed by atoms with Crippen molar-refractivity contribution in [1.82, 2.24) is 20.1 Å². The molecule has 2 N–H and O–H groups in total. The molecule has 0 spiro atoms. The van der Waals surface area contributed by atoms with Crippen molar-refractivity contribution in [3.63, 3.8) is 0 Å². The van der Waals surface area contributed by atoms with Crippen molar-refractivity contribution in [3.8, 4) is 0 Å². The van der Waals surface area contributed by atoms with Crippen molar-refractivity contribution in [3.05, 3.63) is 11.6 Å². The molecule has 2 aliphatic rings. The molecule has 1 saturated heterocycles. The highest BCUT2D eigenvalue weighted by molar-refractivity contribution is 5.91. The summed E-state index contributed by atoms with van der Waals surface area (Å²) in [5.74, 6) is -0.0289. The van der Waals surface area contributed by atoms with Gasteiger partial charge < -0.3 is 14.7 Å². The van der Waals surface area contributed by atoms with Gasteiger partial charge in [-0.15, -0.1) is 5.10 Å². The molecule has 1 unspecified atom stereocenters. The van der Waals surface area contributed by atoms with Crippen LogP contribution in [0.1, 0.15) is 41.6 Å². The average Bonchev–Trinajstić information content (AvgIpc) is 3.16. The van der Waals surface area contributed by atoms with Crippen LogP contribution in [0.3, 0.4) is 0 Å². The number of carbonyl (C=O) groups is 2. The van der Waals surface area contributed by atoms with Crippen molar-refractivity contribution in [2.45, 2.75) is 31.2 Å². The molecule has 1 atom stereocenters. The smallest absolute Gasteiger partial charge is 0.305 e. The lowest BCUT2D eigenvalue weighted by Gasteiger charge is -2.33. The van der Waals surface area contributed by atoms with E-state index in [2.05, 4.69) is 15.2 Å². The number of aromatic amines is 1. The first-order chi connectivity index (χ1) is 9.65. The van der Waals surface area contributed by atoms with Crippen LogP contribution < -0.4 is 0 Å². The number of carbonyl (C=O) groups excluding carboxylic acids is 1. The van der Waals surface area contributed by atoms with Gasteiger partial charge in [-0.3, -0.25) is 14.7 Å². The number of ether oxygens (including phenoxy) is 1. The van der Waals surface area contributed by atoms with E-state index in [1.54, 1.807) is 0 Å². The van der Waals surface area contributed by atoms with Crippen LogP contribution in [0.25, 0.3) is 0 Å². The van der Waals surface area contributed by atoms with E-state index in [9.17, 15) is 9.59 Å². The third-order valence-corrected chi connectivity index (χ3v) is 3.56. The zero-order chi connectivity index (χ0) is 14.1. The Labute approximate surface area is 115 Å². The molecule has 1 aliphatic heterocycles. The summed E-state index contributed by atoms with van der Waals surface area (Å²) in [5, 5.41) is 15.6. The van der Waals surface area contributed by atoms with E-state index in [1.165, 1.54) is 4.90 Å². The molecule has 8 nitrogen and oxygen atoms in total. The quantitative estimate of drug-likeness (QED) is 0.803. The highest BCUT2D eigenvalue weighted by atomic mass is 16.5. The summed E-state index contributed by atoms with van der Waals surface area (Å²) in [5.41, 5.74) is 0. The molecule has 1 amide bonds. The molecule has 1 saturated carbocycles. The third kappa shape index (κ3) is 2.64. The summed E-state index contributed by atoms with van der Waals surface area (Å²) in [7, 11) is 0. The summed E-state index contributed by atoms with van der Waals surface area (Å²) in [6, 6.07) is -0.461. The molecule has 3 rings (SSSR count). The first-order valence-electron chi connectivity index (χ1n) is 6.68. The molecule has 1 aromatic heterocycles. The van der Waals surface area contributed by atoms with Gasteiger partial charge in [-0.2, -0.15) is 0 Å². The fourth-order valence-electron chi connectivity index (χ4n) is 2.33. The van der Waals surface area contributed by atoms with Crippen molar-refractivity contribution in [2.24, 2.45) is 0 Å². The Morgan fingerprint density at radius 1 is 1.45 bits per heavy atom. The minimum atomic E-state index is -0.952. The second kappa shape index (κ2) is 5.20. The van der Waals surface area contributed by atoms with Gasteiger partial charge in [0, 0.05) is 12.5 Å². The van der Waals surface area contributed by atoms with E-state index >= 15 is 0 Å². The Morgan fingerprint density at radius 3 is 2.95 bits per heavy atom. The summed E-state index contributed by atoms with van der Waals surface area (Å²) in [6.45, 7) is 1.00. The molecule has 0 bridgehead atoms. The van der Waals surface area contributed by atoms with Gasteiger partial charge in [0.15, 0.2) is 0 Å². The summed E-state index contributed by atoms with van der Waals surface area (Å²) >= 11 is 0. The number of hydrogen-bond acceptors (Lipinski definition) is 5. The van der Waals surface area contributed by atoms with Gasteiger partial charge in [-0.1, -0.05) is 0 Å². The van der Waals surface area contributed by atoms with Crippen LogP contribution in [0, 0.1) is 0 Å². The predicted octanol–water partition coefficient (Wildman–Crippen LogP) is -0.00220. The lowest BCUT2D eigenvalue weighted by molar-refractivity contribution is -0.139. The highest BCUT2D eigenvalue weighted by Crippen LogP contribution is 2.37. The Kier molecular flexibility index (Phi) is 3.39. The molecule has 8 heteroatoms. The van der Waals surface area contributed by atoms with Gasteiger partial charge in [0.05, 0.1) is 25.7 Å². The first kappa shape index (κ1) is 13.0. The van der Waals surface area contributed by atoms with Crippen LogP contribution in [-0.4, -0.2) is 62.9 Å². The second-order valence-electron chi connectivity index (χ2n) is 5.14. The number of nitrogens with one attached hydrogen (secondary N) is 1. The minimum Gasteiger partial charge on any atom is -0.481 e. The topological polar surface area (TPSA) is 108 Å². The van der Waals surface area contributed by atoms with Gasteiger partial charge >= 0.3 is 5.97 Å². The normalized spacial score (nSPS) is 22.8. The SMILES string of the molecule is O=C(O)CC1COCCN1C(=O)c1n[nH]c(C2CC2)n1. The number of hydrogen-bond donors (Lipinski definition) is 2. The van der Waals surface area contributed by atoms with Gasteiger partial charge in [-0.05, 0) is 12.8 Å².